The van der Waals surface area contributed by atoms with E-state index in [0.29, 0.717) is 12.5 Å². The third kappa shape index (κ3) is 8.69. The van der Waals surface area contributed by atoms with Crippen molar-refractivity contribution < 1.29 is 13.3 Å². The van der Waals surface area contributed by atoms with Crippen molar-refractivity contribution in [3.8, 4) is 0 Å². The summed E-state index contributed by atoms with van der Waals surface area (Å²) in [4.78, 5) is 0. The lowest BCUT2D eigenvalue weighted by atomic mass is 10.2. The van der Waals surface area contributed by atoms with Crippen LogP contribution in [0.5, 0.6) is 0 Å². The molecule has 0 aromatic rings. The average molecular weight is 224 g/mol. The van der Waals surface area contributed by atoms with E-state index in [4.69, 9.17) is 8.74 Å². The number of hydrogen-bond donors (Lipinski definition) is 0. The largest absolute Gasteiger partial charge is 0.351 e. The van der Waals surface area contributed by atoms with E-state index in [1.807, 2.05) is 33.5 Å². The van der Waals surface area contributed by atoms with Crippen LogP contribution in [-0.4, -0.2) is 21.6 Å². The first-order chi connectivity index (χ1) is 5.62. The first-order valence-corrected chi connectivity index (χ1v) is 9.95. The summed E-state index contributed by atoms with van der Waals surface area (Å²) in [6, 6.07) is 0. The molecule has 0 heterocycles. The van der Waals surface area contributed by atoms with Gasteiger partial charge in [0.1, 0.15) is 0 Å². The molecule has 1 unspecified atom stereocenters. The Morgan fingerprint density at radius 2 is 1.77 bits per heavy atom. The van der Waals surface area contributed by atoms with Crippen molar-refractivity contribution >= 4 is 15.9 Å². The van der Waals surface area contributed by atoms with E-state index in [9.17, 15) is 4.57 Å². The summed E-state index contributed by atoms with van der Waals surface area (Å²) in [6.07, 6.45) is 0. The molecule has 0 N–H and O–H groups in total. The SMILES string of the molecule is CC(C)COP(C)(=O)O[Si](C)(C)C. The molecule has 0 aromatic carbocycles. The molecule has 0 radical (unpaired) electrons. The summed E-state index contributed by atoms with van der Waals surface area (Å²) < 4.78 is 22.4. The highest BCUT2D eigenvalue weighted by molar-refractivity contribution is 7.54. The molecule has 0 aromatic heterocycles. The average Bonchev–Trinajstić information content (AvgIpc) is 1.78. The lowest BCUT2D eigenvalue weighted by Gasteiger charge is -2.23. The van der Waals surface area contributed by atoms with Crippen LogP contribution in [0.25, 0.3) is 0 Å². The van der Waals surface area contributed by atoms with Gasteiger partial charge in [-0.2, -0.15) is 0 Å². The molecule has 0 spiro atoms. The summed E-state index contributed by atoms with van der Waals surface area (Å²) in [5.74, 6) is 0.388. The number of hydrogen-bond acceptors (Lipinski definition) is 3. The van der Waals surface area contributed by atoms with Crippen LogP contribution in [0.15, 0.2) is 0 Å². The maximum Gasteiger partial charge on any atom is 0.318 e. The van der Waals surface area contributed by atoms with Gasteiger partial charge < -0.3 is 8.74 Å². The van der Waals surface area contributed by atoms with E-state index in [-0.39, 0.29) is 0 Å². The molecule has 5 heteroatoms. The van der Waals surface area contributed by atoms with E-state index in [2.05, 4.69) is 0 Å². The zero-order chi connectivity index (χ0) is 10.7. The molecule has 1 atom stereocenters. The Labute approximate surface area is 82.5 Å². The van der Waals surface area contributed by atoms with Gasteiger partial charge in [-0.05, 0) is 25.6 Å². The van der Waals surface area contributed by atoms with Crippen LogP contribution >= 0.6 is 7.60 Å². The summed E-state index contributed by atoms with van der Waals surface area (Å²) in [7, 11) is -4.56. The monoisotopic (exact) mass is 224 g/mol. The zero-order valence-electron chi connectivity index (χ0n) is 9.46. The summed E-state index contributed by atoms with van der Waals surface area (Å²) in [6.45, 7) is 12.1. The molecule has 0 aliphatic carbocycles. The van der Waals surface area contributed by atoms with E-state index in [0.717, 1.165) is 0 Å². The van der Waals surface area contributed by atoms with Gasteiger partial charge in [-0.3, -0.25) is 4.57 Å². The van der Waals surface area contributed by atoms with Crippen molar-refractivity contribution in [1.29, 1.82) is 0 Å². The molecule has 0 saturated carbocycles. The molecule has 13 heavy (non-hydrogen) atoms. The van der Waals surface area contributed by atoms with Crippen molar-refractivity contribution in [2.75, 3.05) is 13.3 Å². The Kier molecular flexibility index (Phi) is 4.87. The molecule has 80 valence electrons. The quantitative estimate of drug-likeness (QED) is 0.530. The minimum Gasteiger partial charge on any atom is -0.351 e. The van der Waals surface area contributed by atoms with Crippen LogP contribution in [0.3, 0.4) is 0 Å². The van der Waals surface area contributed by atoms with E-state index < -0.39 is 15.9 Å². The molecule has 0 aliphatic rings. The first kappa shape index (κ1) is 13.4. The van der Waals surface area contributed by atoms with Crippen LogP contribution in [0.2, 0.25) is 19.6 Å². The minimum atomic E-state index is -2.81. The second-order valence-electron chi connectivity index (χ2n) is 4.66. The second-order valence-corrected chi connectivity index (χ2v) is 11.4. The molecule has 0 aliphatic heterocycles. The number of rotatable bonds is 5. The van der Waals surface area contributed by atoms with Crippen LogP contribution < -0.4 is 0 Å². The van der Waals surface area contributed by atoms with Gasteiger partial charge in [-0.1, -0.05) is 13.8 Å². The molecular weight excluding hydrogens is 203 g/mol. The lowest BCUT2D eigenvalue weighted by molar-refractivity contribution is 0.236. The van der Waals surface area contributed by atoms with Gasteiger partial charge in [0.2, 0.25) is 0 Å². The molecule has 0 rings (SSSR count). The Balaban J connectivity index is 4.02. The standard InChI is InChI=1S/C8H21O3PSi/c1-8(2)7-10-12(3,9)11-13(4,5)6/h8H,7H2,1-6H3. The van der Waals surface area contributed by atoms with Gasteiger partial charge in [-0.25, -0.2) is 0 Å². The fraction of sp³-hybridized carbons (Fsp3) is 1.00. The normalized spacial score (nSPS) is 17.5. The fourth-order valence-electron chi connectivity index (χ4n) is 0.808. The molecular formula is C8H21O3PSi. The Hall–Kier alpha value is 0.367. The van der Waals surface area contributed by atoms with Crippen molar-refractivity contribution in [3.63, 3.8) is 0 Å². The Morgan fingerprint density at radius 1 is 1.31 bits per heavy atom. The molecule has 0 fully saturated rings. The van der Waals surface area contributed by atoms with Gasteiger partial charge in [0.15, 0.2) is 8.32 Å². The van der Waals surface area contributed by atoms with Gasteiger partial charge in [0.25, 0.3) is 0 Å². The van der Waals surface area contributed by atoms with Crippen molar-refractivity contribution in [2.24, 2.45) is 5.92 Å². The Bertz CT molecular complexity index is 198. The van der Waals surface area contributed by atoms with Crippen LogP contribution in [-0.2, 0) is 13.3 Å². The maximum absolute atomic E-state index is 11.7. The molecule has 0 saturated heterocycles. The van der Waals surface area contributed by atoms with Crippen LogP contribution in [0.4, 0.5) is 0 Å². The van der Waals surface area contributed by atoms with Crippen molar-refractivity contribution in [1.82, 2.24) is 0 Å². The predicted molar refractivity (Wildman–Crippen MR) is 58.8 cm³/mol. The van der Waals surface area contributed by atoms with Gasteiger partial charge in [-0.15, -0.1) is 0 Å². The molecule has 0 bridgehead atoms. The Morgan fingerprint density at radius 3 is 2.08 bits per heavy atom. The predicted octanol–water partition coefficient (Wildman–Crippen LogP) is 3.33. The summed E-state index contributed by atoms with van der Waals surface area (Å²) >= 11 is 0. The van der Waals surface area contributed by atoms with Gasteiger partial charge in [0.05, 0.1) is 6.61 Å². The highest BCUT2D eigenvalue weighted by Gasteiger charge is 2.27. The van der Waals surface area contributed by atoms with E-state index in [1.54, 1.807) is 6.66 Å². The second kappa shape index (κ2) is 4.74. The minimum absolute atomic E-state index is 0.388. The zero-order valence-corrected chi connectivity index (χ0v) is 11.4. The van der Waals surface area contributed by atoms with Gasteiger partial charge in [0, 0.05) is 6.66 Å². The molecule has 3 nitrogen and oxygen atoms in total. The molecule has 0 amide bonds. The third-order valence-electron chi connectivity index (χ3n) is 1.08. The first-order valence-electron chi connectivity index (χ1n) is 4.55. The van der Waals surface area contributed by atoms with E-state index >= 15 is 0 Å². The smallest absolute Gasteiger partial charge is 0.318 e. The highest BCUT2D eigenvalue weighted by atomic mass is 31.2. The summed E-state index contributed by atoms with van der Waals surface area (Å²) in [5.41, 5.74) is 0. The lowest BCUT2D eigenvalue weighted by Crippen LogP contribution is -2.24. The van der Waals surface area contributed by atoms with E-state index in [1.165, 1.54) is 0 Å². The summed E-state index contributed by atoms with van der Waals surface area (Å²) in [5, 5.41) is 0. The van der Waals surface area contributed by atoms with Crippen LogP contribution in [0.1, 0.15) is 13.8 Å². The third-order valence-corrected chi connectivity index (χ3v) is 5.22. The van der Waals surface area contributed by atoms with Crippen molar-refractivity contribution in [3.05, 3.63) is 0 Å². The van der Waals surface area contributed by atoms with Crippen molar-refractivity contribution in [2.45, 2.75) is 33.5 Å². The fourth-order valence-corrected chi connectivity index (χ4v) is 5.57. The van der Waals surface area contributed by atoms with Crippen LogP contribution in [0, 0.1) is 5.92 Å². The van der Waals surface area contributed by atoms with Gasteiger partial charge >= 0.3 is 7.60 Å². The maximum atomic E-state index is 11.7. The topological polar surface area (TPSA) is 35.5 Å². The highest BCUT2D eigenvalue weighted by Crippen LogP contribution is 2.46.